The fourth-order valence-electron chi connectivity index (χ4n) is 3.10. The van der Waals surface area contributed by atoms with Gasteiger partial charge in [0.1, 0.15) is 5.75 Å². The number of nitrogens with zero attached hydrogens (tertiary/aromatic N) is 1. The Morgan fingerprint density at radius 3 is 2.18 bits per heavy atom. The first-order valence-corrected chi connectivity index (χ1v) is 11.4. The molecule has 0 aliphatic rings. The number of ether oxygens (including phenoxy) is 1. The van der Waals surface area contributed by atoms with E-state index < -0.39 is 5.97 Å². The Kier molecular flexibility index (Phi) is 7.58. The highest BCUT2D eigenvalue weighted by Crippen LogP contribution is 2.18. The maximum absolute atomic E-state index is 12.4. The Labute approximate surface area is 206 Å². The summed E-state index contributed by atoms with van der Waals surface area (Å²) in [7, 11) is 0. The van der Waals surface area contributed by atoms with Gasteiger partial charge in [-0.2, -0.15) is 0 Å². The average molecular weight is 510 g/mol. The van der Waals surface area contributed by atoms with Crippen LogP contribution >= 0.6 is 15.9 Å². The van der Waals surface area contributed by atoms with Crippen LogP contribution in [-0.2, 0) is 0 Å². The lowest BCUT2D eigenvalue weighted by Gasteiger charge is -2.05. The normalized spacial score (nSPS) is 11.1. The van der Waals surface area contributed by atoms with Crippen LogP contribution in [0.4, 0.5) is 5.69 Å². The van der Waals surface area contributed by atoms with Gasteiger partial charge >= 0.3 is 5.97 Å². The van der Waals surface area contributed by atoms with E-state index in [1.54, 1.807) is 73.0 Å². The molecule has 4 rings (SSSR count). The zero-order valence-corrected chi connectivity index (χ0v) is 19.7. The van der Waals surface area contributed by atoms with Crippen LogP contribution in [0.1, 0.15) is 31.8 Å². The van der Waals surface area contributed by atoms with Crippen LogP contribution in [0.15, 0.2) is 119 Å². The van der Waals surface area contributed by atoms with Crippen molar-refractivity contribution in [3.63, 3.8) is 0 Å². The number of allylic oxidation sites excluding steroid dienone is 1. The van der Waals surface area contributed by atoms with E-state index in [0.717, 1.165) is 21.3 Å². The molecule has 0 aliphatic carbocycles. The van der Waals surface area contributed by atoms with Crippen molar-refractivity contribution >= 4 is 45.7 Å². The molecule has 0 bridgehead atoms. The van der Waals surface area contributed by atoms with E-state index >= 15 is 0 Å². The first kappa shape index (κ1) is 23.1. The molecule has 0 aromatic heterocycles. The number of hydrogen-bond acceptors (Lipinski definition) is 4. The highest BCUT2D eigenvalue weighted by Gasteiger charge is 2.08. The summed E-state index contributed by atoms with van der Waals surface area (Å²) in [6.45, 7) is 0. The summed E-state index contributed by atoms with van der Waals surface area (Å²) in [6.07, 6.45) is 5.08. The predicted octanol–water partition coefficient (Wildman–Crippen LogP) is 7.32. The summed E-state index contributed by atoms with van der Waals surface area (Å²) in [5, 5.41) is 0. The number of hydrogen-bond donors (Lipinski definition) is 0. The van der Waals surface area contributed by atoms with Crippen molar-refractivity contribution in [1.82, 2.24) is 0 Å². The zero-order valence-electron chi connectivity index (χ0n) is 18.1. The minimum Gasteiger partial charge on any atom is -0.423 e. The molecule has 0 unspecified atom stereocenters. The molecule has 0 aliphatic heterocycles. The maximum atomic E-state index is 12.4. The molecule has 0 radical (unpaired) electrons. The van der Waals surface area contributed by atoms with Crippen molar-refractivity contribution in [2.45, 2.75) is 0 Å². The van der Waals surface area contributed by atoms with Gasteiger partial charge in [0, 0.05) is 16.3 Å². The zero-order chi connectivity index (χ0) is 23.8. The predicted molar refractivity (Wildman–Crippen MR) is 139 cm³/mol. The van der Waals surface area contributed by atoms with Gasteiger partial charge in [-0.15, -0.1) is 0 Å². The van der Waals surface area contributed by atoms with Gasteiger partial charge < -0.3 is 4.74 Å². The second-order valence-corrected chi connectivity index (χ2v) is 8.30. The number of halogens is 1. The molecule has 0 atom stereocenters. The first-order chi connectivity index (χ1) is 16.6. The molecule has 34 heavy (non-hydrogen) atoms. The van der Waals surface area contributed by atoms with Crippen molar-refractivity contribution in [2.24, 2.45) is 4.99 Å². The molecule has 0 N–H and O–H groups in total. The van der Waals surface area contributed by atoms with E-state index in [4.69, 9.17) is 4.74 Å². The highest BCUT2D eigenvalue weighted by molar-refractivity contribution is 9.10. The van der Waals surface area contributed by atoms with Crippen LogP contribution < -0.4 is 4.74 Å². The van der Waals surface area contributed by atoms with Gasteiger partial charge in [0.25, 0.3) is 0 Å². The van der Waals surface area contributed by atoms with Crippen LogP contribution in [0.5, 0.6) is 5.75 Å². The minimum atomic E-state index is -0.420. The molecule has 166 valence electrons. The number of carbonyl (C=O) groups excluding carboxylic acids is 2. The first-order valence-electron chi connectivity index (χ1n) is 10.6. The Morgan fingerprint density at radius 2 is 1.47 bits per heavy atom. The molecule has 4 aromatic carbocycles. The third kappa shape index (κ3) is 6.47. The Bertz CT molecular complexity index is 1340. The Morgan fingerprint density at radius 1 is 0.735 bits per heavy atom. The van der Waals surface area contributed by atoms with Gasteiger partial charge in [0.05, 0.1) is 11.3 Å². The number of aliphatic imine (C=N–C) groups is 1. The maximum Gasteiger partial charge on any atom is 0.343 e. The molecule has 0 spiro atoms. The van der Waals surface area contributed by atoms with Crippen LogP contribution in [0.3, 0.4) is 0 Å². The Hall–Kier alpha value is -4.09. The van der Waals surface area contributed by atoms with Gasteiger partial charge in [-0.05, 0) is 83.9 Å². The SMILES string of the molecule is O=C(/C=C/c1ccccc1)c1ccc(N=Cc2ccc(OC(=O)c3cccc(Br)c3)cc2)cc1. The van der Waals surface area contributed by atoms with Crippen LogP contribution in [0, 0.1) is 0 Å². The fourth-order valence-corrected chi connectivity index (χ4v) is 3.50. The molecule has 0 saturated heterocycles. The summed E-state index contributed by atoms with van der Waals surface area (Å²) in [5.74, 6) is -0.0307. The van der Waals surface area contributed by atoms with E-state index in [9.17, 15) is 9.59 Å². The van der Waals surface area contributed by atoms with Gasteiger partial charge in [-0.1, -0.05) is 58.4 Å². The lowest BCUT2D eigenvalue weighted by atomic mass is 10.1. The lowest BCUT2D eigenvalue weighted by molar-refractivity contribution is 0.0734. The Balaban J connectivity index is 1.34. The topological polar surface area (TPSA) is 55.7 Å². The third-order valence-corrected chi connectivity index (χ3v) is 5.39. The van der Waals surface area contributed by atoms with Gasteiger partial charge in [0.2, 0.25) is 0 Å². The number of ketones is 1. The largest absolute Gasteiger partial charge is 0.423 e. The molecular formula is C29H20BrNO3. The summed E-state index contributed by atoms with van der Waals surface area (Å²) in [6, 6.07) is 30.9. The summed E-state index contributed by atoms with van der Waals surface area (Å²) in [5.41, 5.74) is 3.63. The highest BCUT2D eigenvalue weighted by atomic mass is 79.9. The number of rotatable bonds is 7. The van der Waals surface area contributed by atoms with Gasteiger partial charge in [0.15, 0.2) is 5.78 Å². The van der Waals surface area contributed by atoms with Gasteiger partial charge in [-0.3, -0.25) is 9.79 Å². The second kappa shape index (κ2) is 11.2. The van der Waals surface area contributed by atoms with Crippen molar-refractivity contribution in [3.8, 4) is 5.75 Å². The van der Waals surface area contributed by atoms with Crippen LogP contribution in [0.25, 0.3) is 6.08 Å². The monoisotopic (exact) mass is 509 g/mol. The van der Waals surface area contributed by atoms with Gasteiger partial charge in [-0.25, -0.2) is 4.79 Å². The molecule has 0 fully saturated rings. The molecule has 4 aromatic rings. The van der Waals surface area contributed by atoms with Crippen molar-refractivity contribution < 1.29 is 14.3 Å². The van der Waals surface area contributed by atoms with Crippen molar-refractivity contribution in [2.75, 3.05) is 0 Å². The number of benzene rings is 4. The molecule has 0 amide bonds. The van der Waals surface area contributed by atoms with Crippen LogP contribution in [-0.4, -0.2) is 18.0 Å². The fraction of sp³-hybridized carbons (Fsp3) is 0. The minimum absolute atomic E-state index is 0.0626. The summed E-state index contributed by atoms with van der Waals surface area (Å²) >= 11 is 3.35. The van der Waals surface area contributed by atoms with E-state index in [2.05, 4.69) is 20.9 Å². The average Bonchev–Trinajstić information content (AvgIpc) is 2.88. The van der Waals surface area contributed by atoms with E-state index in [1.807, 2.05) is 48.5 Å². The van der Waals surface area contributed by atoms with E-state index in [0.29, 0.717) is 16.9 Å². The third-order valence-electron chi connectivity index (χ3n) is 4.89. The second-order valence-electron chi connectivity index (χ2n) is 7.38. The molecule has 5 heteroatoms. The van der Waals surface area contributed by atoms with E-state index in [1.165, 1.54) is 0 Å². The van der Waals surface area contributed by atoms with Crippen molar-refractivity contribution in [1.29, 1.82) is 0 Å². The number of carbonyl (C=O) groups is 2. The molecule has 0 saturated carbocycles. The standard InChI is InChI=1S/C29H20BrNO3/c30-25-8-4-7-24(19-25)29(33)34-27-16-9-22(10-17-27)20-31-26-14-12-23(13-15-26)28(32)18-11-21-5-2-1-3-6-21/h1-20H/b18-11+,31-20?. The summed E-state index contributed by atoms with van der Waals surface area (Å²) < 4.78 is 6.23. The van der Waals surface area contributed by atoms with E-state index in [-0.39, 0.29) is 5.78 Å². The quantitative estimate of drug-likeness (QED) is 0.0861. The van der Waals surface area contributed by atoms with Crippen LogP contribution in [0.2, 0.25) is 0 Å². The number of esters is 1. The molecule has 0 heterocycles. The smallest absolute Gasteiger partial charge is 0.343 e. The molecular weight excluding hydrogens is 490 g/mol. The summed E-state index contributed by atoms with van der Waals surface area (Å²) in [4.78, 5) is 29.1. The molecule has 4 nitrogen and oxygen atoms in total. The lowest BCUT2D eigenvalue weighted by Crippen LogP contribution is -2.08. The van der Waals surface area contributed by atoms with Crippen molar-refractivity contribution in [3.05, 3.63) is 136 Å².